The molecule has 4 rings (SSSR count). The fraction of sp³-hybridized carbons (Fsp3) is 0.304. The summed E-state index contributed by atoms with van der Waals surface area (Å²) in [7, 11) is 0. The van der Waals surface area contributed by atoms with Crippen LogP contribution in [0.5, 0.6) is 0 Å². The van der Waals surface area contributed by atoms with E-state index in [4.69, 9.17) is 15.7 Å². The van der Waals surface area contributed by atoms with Crippen LogP contribution in [-0.4, -0.2) is 9.97 Å². The van der Waals surface area contributed by atoms with Gasteiger partial charge in [0.2, 0.25) is 0 Å². The molecular weight excluding hydrogens is 332 g/mol. The third-order valence-electron chi connectivity index (χ3n) is 5.54. The topological polar surface area (TPSA) is 63.8 Å². The number of aromatic nitrogens is 2. The van der Waals surface area contributed by atoms with Crippen LogP contribution < -0.4 is 11.1 Å². The van der Waals surface area contributed by atoms with E-state index in [-0.39, 0.29) is 0 Å². The average Bonchev–Trinajstić information content (AvgIpc) is 2.68. The molecule has 0 radical (unpaired) electrons. The molecule has 2 unspecified atom stereocenters. The van der Waals surface area contributed by atoms with Crippen molar-refractivity contribution in [2.75, 3.05) is 11.1 Å². The van der Waals surface area contributed by atoms with Crippen molar-refractivity contribution in [3.63, 3.8) is 0 Å². The number of nitrogens with zero attached hydrogens (tertiary/aromatic N) is 2. The summed E-state index contributed by atoms with van der Waals surface area (Å²) in [6.45, 7) is 4.59. The van der Waals surface area contributed by atoms with Crippen molar-refractivity contribution in [3.05, 3.63) is 60.3 Å². The van der Waals surface area contributed by atoms with Crippen LogP contribution in [0.4, 0.5) is 11.5 Å². The highest BCUT2D eigenvalue weighted by atomic mass is 15.0. The average molecular weight is 358 g/mol. The molecule has 1 heterocycles. The lowest BCUT2D eigenvalue weighted by Gasteiger charge is -2.27. The first-order valence-electron chi connectivity index (χ1n) is 9.74. The number of hydrogen-bond acceptors (Lipinski definition) is 4. The number of rotatable bonds is 4. The summed E-state index contributed by atoms with van der Waals surface area (Å²) < 4.78 is 0. The third kappa shape index (κ3) is 3.65. The summed E-state index contributed by atoms with van der Waals surface area (Å²) in [6, 6.07) is 15.9. The second-order valence-electron chi connectivity index (χ2n) is 7.42. The van der Waals surface area contributed by atoms with Crippen molar-refractivity contribution in [1.29, 1.82) is 0 Å². The molecule has 0 fully saturated rings. The maximum absolute atomic E-state index is 5.96. The zero-order valence-corrected chi connectivity index (χ0v) is 15.9. The summed E-state index contributed by atoms with van der Waals surface area (Å²) in [6.07, 6.45) is 5.89. The first kappa shape index (κ1) is 17.5. The SMILES string of the molecule is CCC1CCC(Nc2nc(-c3cccc(N)c3)nc3ccccc23)=CC1C. The molecule has 2 aromatic carbocycles. The van der Waals surface area contributed by atoms with E-state index in [1.807, 2.05) is 42.5 Å². The number of para-hydroxylation sites is 1. The van der Waals surface area contributed by atoms with E-state index in [0.29, 0.717) is 17.4 Å². The monoisotopic (exact) mass is 358 g/mol. The van der Waals surface area contributed by atoms with Crippen LogP contribution in [-0.2, 0) is 0 Å². The molecule has 0 saturated heterocycles. The van der Waals surface area contributed by atoms with Crippen LogP contribution in [0.2, 0.25) is 0 Å². The van der Waals surface area contributed by atoms with Crippen molar-refractivity contribution in [1.82, 2.24) is 9.97 Å². The van der Waals surface area contributed by atoms with Gasteiger partial charge in [-0.1, -0.05) is 50.6 Å². The number of hydrogen-bond donors (Lipinski definition) is 2. The van der Waals surface area contributed by atoms with Gasteiger partial charge in [-0.3, -0.25) is 0 Å². The van der Waals surface area contributed by atoms with Gasteiger partial charge in [-0.2, -0.15) is 0 Å². The van der Waals surface area contributed by atoms with Gasteiger partial charge in [-0.25, -0.2) is 9.97 Å². The van der Waals surface area contributed by atoms with Crippen LogP contribution in [0.25, 0.3) is 22.3 Å². The fourth-order valence-electron chi connectivity index (χ4n) is 3.95. The summed E-state index contributed by atoms with van der Waals surface area (Å²) in [5, 5.41) is 4.64. The van der Waals surface area contributed by atoms with Gasteiger partial charge in [0, 0.05) is 22.3 Å². The fourth-order valence-corrected chi connectivity index (χ4v) is 3.95. The van der Waals surface area contributed by atoms with Gasteiger partial charge in [-0.15, -0.1) is 0 Å². The van der Waals surface area contributed by atoms with E-state index in [2.05, 4.69) is 31.3 Å². The molecule has 1 aromatic heterocycles. The molecule has 27 heavy (non-hydrogen) atoms. The van der Waals surface area contributed by atoms with Gasteiger partial charge in [0.15, 0.2) is 5.82 Å². The van der Waals surface area contributed by atoms with Gasteiger partial charge in [0.05, 0.1) is 5.52 Å². The number of benzene rings is 2. The summed E-state index contributed by atoms with van der Waals surface area (Å²) in [5.41, 5.74) is 9.80. The Labute approximate surface area is 160 Å². The van der Waals surface area contributed by atoms with E-state index in [1.165, 1.54) is 18.5 Å². The third-order valence-corrected chi connectivity index (χ3v) is 5.54. The maximum atomic E-state index is 5.96. The Morgan fingerprint density at radius 3 is 2.74 bits per heavy atom. The van der Waals surface area contributed by atoms with E-state index < -0.39 is 0 Å². The molecule has 1 aliphatic carbocycles. The minimum atomic E-state index is 0.591. The Hall–Kier alpha value is -2.88. The maximum Gasteiger partial charge on any atom is 0.162 e. The molecule has 1 aliphatic rings. The van der Waals surface area contributed by atoms with Gasteiger partial charge in [-0.05, 0) is 48.9 Å². The standard InChI is InChI=1S/C23H26N4/c1-3-16-11-12-19(13-15(16)2)25-23-20-9-4-5-10-21(20)26-22(27-23)17-7-6-8-18(24)14-17/h4-10,13-16H,3,11-12,24H2,1-2H3,(H,25,26,27). The largest absolute Gasteiger partial charge is 0.399 e. The van der Waals surface area contributed by atoms with E-state index >= 15 is 0 Å². The minimum Gasteiger partial charge on any atom is -0.399 e. The number of nitrogens with one attached hydrogen (secondary N) is 1. The van der Waals surface area contributed by atoms with Crippen LogP contribution in [0.15, 0.2) is 60.3 Å². The molecule has 0 saturated carbocycles. The zero-order valence-electron chi connectivity index (χ0n) is 15.9. The van der Waals surface area contributed by atoms with Crippen molar-refractivity contribution in [3.8, 4) is 11.4 Å². The molecule has 0 aliphatic heterocycles. The van der Waals surface area contributed by atoms with Gasteiger partial charge < -0.3 is 11.1 Å². The molecule has 4 nitrogen and oxygen atoms in total. The highest BCUT2D eigenvalue weighted by Gasteiger charge is 2.20. The lowest BCUT2D eigenvalue weighted by Crippen LogP contribution is -2.17. The predicted octanol–water partition coefficient (Wildman–Crippen LogP) is 5.63. The van der Waals surface area contributed by atoms with Crippen LogP contribution in [0.3, 0.4) is 0 Å². The van der Waals surface area contributed by atoms with Gasteiger partial charge in [0.25, 0.3) is 0 Å². The van der Waals surface area contributed by atoms with E-state index in [0.717, 1.165) is 34.6 Å². The van der Waals surface area contributed by atoms with Crippen molar-refractivity contribution in [2.45, 2.75) is 33.1 Å². The highest BCUT2D eigenvalue weighted by molar-refractivity contribution is 5.91. The minimum absolute atomic E-state index is 0.591. The Morgan fingerprint density at radius 1 is 1.11 bits per heavy atom. The van der Waals surface area contributed by atoms with E-state index in [1.54, 1.807) is 0 Å². The Morgan fingerprint density at radius 2 is 1.96 bits per heavy atom. The lowest BCUT2D eigenvalue weighted by atomic mass is 9.82. The number of nitrogens with two attached hydrogens (primary N) is 1. The van der Waals surface area contributed by atoms with Gasteiger partial charge in [0.1, 0.15) is 5.82 Å². The molecular formula is C23H26N4. The van der Waals surface area contributed by atoms with Gasteiger partial charge >= 0.3 is 0 Å². The molecule has 138 valence electrons. The summed E-state index contributed by atoms with van der Waals surface area (Å²) in [4.78, 5) is 9.61. The normalized spacial score (nSPS) is 19.7. The quantitative estimate of drug-likeness (QED) is 0.593. The van der Waals surface area contributed by atoms with Crippen LogP contribution >= 0.6 is 0 Å². The number of anilines is 2. The van der Waals surface area contributed by atoms with E-state index in [9.17, 15) is 0 Å². The zero-order chi connectivity index (χ0) is 18.8. The van der Waals surface area contributed by atoms with Crippen molar-refractivity contribution in [2.24, 2.45) is 11.8 Å². The molecule has 0 spiro atoms. The second kappa shape index (κ2) is 7.39. The Balaban J connectivity index is 1.75. The van der Waals surface area contributed by atoms with Crippen LogP contribution in [0, 0.1) is 11.8 Å². The first-order valence-corrected chi connectivity index (χ1v) is 9.74. The second-order valence-corrected chi connectivity index (χ2v) is 7.42. The Kier molecular flexibility index (Phi) is 4.80. The molecule has 2 atom stereocenters. The number of allylic oxidation sites excluding steroid dienone is 2. The molecule has 4 heteroatoms. The number of fused-ring (bicyclic) bond motifs is 1. The number of nitrogen functional groups attached to an aromatic ring is 1. The summed E-state index contributed by atoms with van der Waals surface area (Å²) >= 11 is 0. The van der Waals surface area contributed by atoms with Crippen molar-refractivity contribution >= 4 is 22.4 Å². The Bertz CT molecular complexity index is 993. The first-order chi connectivity index (χ1) is 13.1. The molecule has 0 bridgehead atoms. The van der Waals surface area contributed by atoms with Crippen molar-refractivity contribution < 1.29 is 0 Å². The molecule has 3 N–H and O–H groups in total. The predicted molar refractivity (Wildman–Crippen MR) is 113 cm³/mol. The van der Waals surface area contributed by atoms with Crippen LogP contribution in [0.1, 0.15) is 33.1 Å². The highest BCUT2D eigenvalue weighted by Crippen LogP contribution is 2.33. The summed E-state index contributed by atoms with van der Waals surface area (Å²) in [5.74, 6) is 2.93. The lowest BCUT2D eigenvalue weighted by molar-refractivity contribution is 0.361. The molecule has 3 aromatic rings. The smallest absolute Gasteiger partial charge is 0.162 e. The molecule has 0 amide bonds.